The van der Waals surface area contributed by atoms with Crippen molar-refractivity contribution in [1.29, 1.82) is 0 Å². The molecular formula is C16H22N2O3. The Morgan fingerprint density at radius 2 is 1.95 bits per heavy atom. The molecule has 114 valence electrons. The number of benzene rings is 1. The lowest BCUT2D eigenvalue weighted by molar-refractivity contribution is 0.0695. The first-order valence-corrected chi connectivity index (χ1v) is 7.42. The number of carboxylic acids is 1. The van der Waals surface area contributed by atoms with Gasteiger partial charge in [0.1, 0.15) is 0 Å². The summed E-state index contributed by atoms with van der Waals surface area (Å²) in [5.41, 5.74) is 1.05. The highest BCUT2D eigenvalue weighted by Gasteiger charge is 2.19. The summed E-state index contributed by atoms with van der Waals surface area (Å²) < 4.78 is 0. The van der Waals surface area contributed by atoms with Crippen molar-refractivity contribution in [3.63, 3.8) is 0 Å². The largest absolute Gasteiger partial charge is 0.478 e. The highest BCUT2D eigenvalue weighted by atomic mass is 16.4. The molecule has 2 N–H and O–H groups in total. The Morgan fingerprint density at radius 1 is 1.29 bits per heavy atom. The van der Waals surface area contributed by atoms with E-state index in [9.17, 15) is 9.59 Å². The number of hydrogen-bond donors (Lipinski definition) is 2. The van der Waals surface area contributed by atoms with E-state index in [1.54, 1.807) is 18.2 Å². The van der Waals surface area contributed by atoms with E-state index in [1.807, 2.05) is 11.0 Å². The first-order chi connectivity index (χ1) is 10.1. The van der Waals surface area contributed by atoms with Gasteiger partial charge >= 0.3 is 12.0 Å². The van der Waals surface area contributed by atoms with Gasteiger partial charge in [-0.3, -0.25) is 0 Å². The molecule has 1 aliphatic heterocycles. The van der Waals surface area contributed by atoms with Gasteiger partial charge in [0.15, 0.2) is 0 Å². The molecule has 1 heterocycles. The first kappa shape index (κ1) is 15.4. The summed E-state index contributed by atoms with van der Waals surface area (Å²) in [5.74, 6) is -0.238. The van der Waals surface area contributed by atoms with E-state index in [4.69, 9.17) is 5.11 Å². The lowest BCUT2D eigenvalue weighted by Gasteiger charge is -2.30. The molecule has 1 fully saturated rings. The zero-order valence-electron chi connectivity index (χ0n) is 12.3. The number of piperidine rings is 1. The zero-order chi connectivity index (χ0) is 15.2. The monoisotopic (exact) mass is 290 g/mol. The standard InChI is InChI=1S/C16H22N2O3/c1-12-7-10-18(11-8-12)16(21)17-9-6-13-4-2-3-5-14(13)15(19)20/h2-5,12H,6-11H2,1H3,(H,17,21)(H,19,20). The summed E-state index contributed by atoms with van der Waals surface area (Å²) in [6.07, 6.45) is 2.63. The Labute approximate surface area is 125 Å². The van der Waals surface area contributed by atoms with Crippen molar-refractivity contribution < 1.29 is 14.7 Å². The molecule has 5 heteroatoms. The number of aromatic carboxylic acids is 1. The van der Waals surface area contributed by atoms with E-state index in [1.165, 1.54) is 0 Å². The highest BCUT2D eigenvalue weighted by molar-refractivity contribution is 5.89. The van der Waals surface area contributed by atoms with E-state index in [-0.39, 0.29) is 6.03 Å². The predicted molar refractivity (Wildman–Crippen MR) is 80.5 cm³/mol. The van der Waals surface area contributed by atoms with E-state index in [0.29, 0.717) is 24.4 Å². The smallest absolute Gasteiger partial charge is 0.335 e. The third kappa shape index (κ3) is 4.21. The van der Waals surface area contributed by atoms with Crippen LogP contribution in [-0.2, 0) is 6.42 Å². The van der Waals surface area contributed by atoms with Gasteiger partial charge in [-0.25, -0.2) is 9.59 Å². The first-order valence-electron chi connectivity index (χ1n) is 7.42. The molecule has 0 aromatic heterocycles. The molecule has 0 saturated carbocycles. The van der Waals surface area contributed by atoms with Crippen molar-refractivity contribution in [1.82, 2.24) is 10.2 Å². The molecule has 1 aliphatic rings. The van der Waals surface area contributed by atoms with Crippen molar-refractivity contribution >= 4 is 12.0 Å². The van der Waals surface area contributed by atoms with E-state index in [2.05, 4.69) is 12.2 Å². The van der Waals surface area contributed by atoms with Crippen LogP contribution in [-0.4, -0.2) is 41.6 Å². The topological polar surface area (TPSA) is 69.6 Å². The molecule has 1 aromatic carbocycles. The summed E-state index contributed by atoms with van der Waals surface area (Å²) in [4.78, 5) is 24.9. The van der Waals surface area contributed by atoms with Crippen LogP contribution in [0.5, 0.6) is 0 Å². The Hall–Kier alpha value is -2.04. The van der Waals surface area contributed by atoms with Crippen molar-refractivity contribution in [2.24, 2.45) is 5.92 Å². The fourth-order valence-corrected chi connectivity index (χ4v) is 2.57. The fraction of sp³-hybridized carbons (Fsp3) is 0.500. The average molecular weight is 290 g/mol. The fourth-order valence-electron chi connectivity index (χ4n) is 2.57. The summed E-state index contributed by atoms with van der Waals surface area (Å²) >= 11 is 0. The van der Waals surface area contributed by atoms with Gasteiger partial charge in [-0.05, 0) is 36.8 Å². The molecule has 5 nitrogen and oxygen atoms in total. The van der Waals surface area contributed by atoms with Crippen LogP contribution in [0.25, 0.3) is 0 Å². The number of nitrogens with zero attached hydrogens (tertiary/aromatic N) is 1. The van der Waals surface area contributed by atoms with Crippen LogP contribution in [0.15, 0.2) is 24.3 Å². The molecule has 1 saturated heterocycles. The third-order valence-electron chi connectivity index (χ3n) is 3.99. The van der Waals surface area contributed by atoms with Gasteiger partial charge in [0, 0.05) is 19.6 Å². The Kier molecular flexibility index (Phi) is 5.20. The van der Waals surface area contributed by atoms with Gasteiger partial charge in [-0.15, -0.1) is 0 Å². The molecule has 0 atom stereocenters. The molecular weight excluding hydrogens is 268 g/mol. The third-order valence-corrected chi connectivity index (χ3v) is 3.99. The van der Waals surface area contributed by atoms with Gasteiger partial charge in [0.25, 0.3) is 0 Å². The number of amides is 2. The second kappa shape index (κ2) is 7.11. The number of nitrogens with one attached hydrogen (secondary N) is 1. The van der Waals surface area contributed by atoms with Crippen LogP contribution in [0.1, 0.15) is 35.7 Å². The molecule has 21 heavy (non-hydrogen) atoms. The summed E-state index contributed by atoms with van der Waals surface area (Å²) in [6.45, 7) is 4.27. The van der Waals surface area contributed by atoms with Gasteiger partial charge in [-0.1, -0.05) is 25.1 Å². The van der Waals surface area contributed by atoms with E-state index < -0.39 is 5.97 Å². The number of likely N-dealkylation sites (tertiary alicyclic amines) is 1. The van der Waals surface area contributed by atoms with E-state index >= 15 is 0 Å². The van der Waals surface area contributed by atoms with E-state index in [0.717, 1.165) is 31.5 Å². The van der Waals surface area contributed by atoms with Crippen LogP contribution in [0.4, 0.5) is 4.79 Å². The number of hydrogen-bond acceptors (Lipinski definition) is 2. The second-order valence-electron chi connectivity index (χ2n) is 5.61. The van der Waals surface area contributed by atoms with Crippen LogP contribution < -0.4 is 5.32 Å². The number of carbonyl (C=O) groups excluding carboxylic acids is 1. The van der Waals surface area contributed by atoms with Crippen molar-refractivity contribution in [3.05, 3.63) is 35.4 Å². The van der Waals surface area contributed by atoms with Crippen molar-refractivity contribution in [3.8, 4) is 0 Å². The summed E-state index contributed by atoms with van der Waals surface area (Å²) in [6, 6.07) is 6.86. The maximum absolute atomic E-state index is 12.0. The number of carbonyl (C=O) groups is 2. The number of rotatable bonds is 4. The molecule has 0 radical (unpaired) electrons. The number of carboxylic acid groups (broad SMARTS) is 1. The normalized spacial score (nSPS) is 15.8. The molecule has 2 rings (SSSR count). The summed E-state index contributed by atoms with van der Waals surface area (Å²) in [7, 11) is 0. The zero-order valence-corrected chi connectivity index (χ0v) is 12.3. The second-order valence-corrected chi connectivity index (χ2v) is 5.61. The minimum absolute atomic E-state index is 0.0466. The van der Waals surface area contributed by atoms with Gasteiger partial charge in [0.2, 0.25) is 0 Å². The predicted octanol–water partition coefficient (Wildman–Crippen LogP) is 2.37. The quantitative estimate of drug-likeness (QED) is 0.894. The lowest BCUT2D eigenvalue weighted by Crippen LogP contribution is -2.44. The Balaban J connectivity index is 1.82. The summed E-state index contributed by atoms with van der Waals surface area (Å²) in [5, 5.41) is 12.0. The van der Waals surface area contributed by atoms with Crippen molar-refractivity contribution in [2.45, 2.75) is 26.2 Å². The van der Waals surface area contributed by atoms with Gasteiger partial charge < -0.3 is 15.3 Å². The van der Waals surface area contributed by atoms with Crippen molar-refractivity contribution in [2.75, 3.05) is 19.6 Å². The maximum atomic E-state index is 12.0. The van der Waals surface area contributed by atoms with Crippen LogP contribution in [0.3, 0.4) is 0 Å². The van der Waals surface area contributed by atoms with Gasteiger partial charge in [-0.2, -0.15) is 0 Å². The average Bonchev–Trinajstić information content (AvgIpc) is 2.48. The molecule has 0 aliphatic carbocycles. The SMILES string of the molecule is CC1CCN(C(=O)NCCc2ccccc2C(=O)O)CC1. The lowest BCUT2D eigenvalue weighted by atomic mass is 10.00. The maximum Gasteiger partial charge on any atom is 0.335 e. The van der Waals surface area contributed by atoms with Gasteiger partial charge in [0.05, 0.1) is 5.56 Å². The molecule has 1 aromatic rings. The molecule has 0 bridgehead atoms. The molecule has 0 unspecified atom stereocenters. The number of urea groups is 1. The minimum atomic E-state index is -0.929. The molecule has 2 amide bonds. The minimum Gasteiger partial charge on any atom is -0.478 e. The molecule has 0 spiro atoms. The van der Waals surface area contributed by atoms with Crippen LogP contribution in [0, 0.1) is 5.92 Å². The Morgan fingerprint density at radius 3 is 2.62 bits per heavy atom. The van der Waals surface area contributed by atoms with Crippen LogP contribution >= 0.6 is 0 Å². The Bertz CT molecular complexity index is 508. The highest BCUT2D eigenvalue weighted by Crippen LogP contribution is 2.15. The van der Waals surface area contributed by atoms with Crippen LogP contribution in [0.2, 0.25) is 0 Å².